The molecule has 0 atom stereocenters. The van der Waals surface area contributed by atoms with E-state index in [1.165, 1.54) is 5.56 Å². The molecule has 2 nitrogen and oxygen atoms in total. The summed E-state index contributed by atoms with van der Waals surface area (Å²) in [5, 5.41) is 0. The van der Waals surface area contributed by atoms with Gasteiger partial charge in [0.05, 0.1) is 0 Å². The molecule has 1 aromatic heterocycles. The third-order valence-electron chi connectivity index (χ3n) is 3.82. The van der Waals surface area contributed by atoms with Crippen molar-refractivity contribution in [3.8, 4) is 5.69 Å². The normalized spacial score (nSPS) is 10.6. The Bertz CT molecular complexity index is 677. The SMILES string of the molecule is C=Cc1c(C(C)=O)c(C)n(-c2cccc(CC)c2)c1C. The number of aromatic nitrogens is 1. The molecular weight excluding hydrogens is 246 g/mol. The fraction of sp³-hybridized carbons (Fsp3) is 0.278. The highest BCUT2D eigenvalue weighted by atomic mass is 16.1. The maximum Gasteiger partial charge on any atom is 0.162 e. The zero-order chi connectivity index (χ0) is 14.9. The number of nitrogens with zero attached hydrogens (tertiary/aromatic N) is 1. The lowest BCUT2D eigenvalue weighted by atomic mass is 10.1. The molecule has 0 bridgehead atoms. The third kappa shape index (κ3) is 2.22. The topological polar surface area (TPSA) is 22.0 Å². The first-order chi connectivity index (χ1) is 9.51. The summed E-state index contributed by atoms with van der Waals surface area (Å²) in [6.07, 6.45) is 2.78. The van der Waals surface area contributed by atoms with Gasteiger partial charge in [-0.15, -0.1) is 0 Å². The molecule has 104 valence electrons. The van der Waals surface area contributed by atoms with Crippen molar-refractivity contribution in [2.45, 2.75) is 34.1 Å². The lowest BCUT2D eigenvalue weighted by molar-refractivity contribution is 0.101. The largest absolute Gasteiger partial charge is 0.317 e. The van der Waals surface area contributed by atoms with E-state index in [0.717, 1.165) is 34.6 Å². The van der Waals surface area contributed by atoms with Crippen molar-refractivity contribution in [1.29, 1.82) is 0 Å². The minimum Gasteiger partial charge on any atom is -0.317 e. The fourth-order valence-electron chi connectivity index (χ4n) is 2.86. The van der Waals surface area contributed by atoms with E-state index in [1.807, 2.05) is 13.8 Å². The predicted molar refractivity (Wildman–Crippen MR) is 84.7 cm³/mol. The fourth-order valence-corrected chi connectivity index (χ4v) is 2.86. The Morgan fingerprint density at radius 1 is 1.30 bits per heavy atom. The molecule has 0 N–H and O–H groups in total. The molecule has 20 heavy (non-hydrogen) atoms. The molecule has 0 aliphatic rings. The van der Waals surface area contributed by atoms with E-state index in [0.29, 0.717) is 0 Å². The molecule has 1 aromatic carbocycles. The number of hydrogen-bond donors (Lipinski definition) is 0. The van der Waals surface area contributed by atoms with Crippen molar-refractivity contribution < 1.29 is 4.79 Å². The molecule has 0 unspecified atom stereocenters. The third-order valence-corrected chi connectivity index (χ3v) is 3.82. The molecule has 0 fully saturated rings. The second-order valence-electron chi connectivity index (χ2n) is 5.08. The van der Waals surface area contributed by atoms with Gasteiger partial charge in [0.25, 0.3) is 0 Å². The lowest BCUT2D eigenvalue weighted by Gasteiger charge is -2.11. The van der Waals surface area contributed by atoms with Gasteiger partial charge in [0.15, 0.2) is 5.78 Å². The standard InChI is InChI=1S/C18H21NO/c1-6-15-9-8-10-16(11-15)19-12(3)17(7-2)18(13(19)4)14(5)20/h7-11H,2,6H2,1,3-5H3. The Hall–Kier alpha value is -2.09. The van der Waals surface area contributed by atoms with Crippen LogP contribution in [-0.2, 0) is 6.42 Å². The second-order valence-corrected chi connectivity index (χ2v) is 5.08. The average molecular weight is 267 g/mol. The number of aryl methyl sites for hydroxylation is 1. The lowest BCUT2D eigenvalue weighted by Crippen LogP contribution is -2.01. The molecule has 0 saturated carbocycles. The molecule has 0 amide bonds. The number of Topliss-reactive ketones (excluding diaryl/α,β-unsaturated/α-hetero) is 1. The molecule has 0 saturated heterocycles. The van der Waals surface area contributed by atoms with Crippen LogP contribution in [-0.4, -0.2) is 10.4 Å². The van der Waals surface area contributed by atoms with Gasteiger partial charge in [-0.25, -0.2) is 0 Å². The van der Waals surface area contributed by atoms with Crippen molar-refractivity contribution >= 4 is 11.9 Å². The predicted octanol–water partition coefficient (Wildman–Crippen LogP) is 4.50. The van der Waals surface area contributed by atoms with Crippen LogP contribution in [0.5, 0.6) is 0 Å². The number of hydrogen-bond acceptors (Lipinski definition) is 1. The summed E-state index contributed by atoms with van der Waals surface area (Å²) >= 11 is 0. The number of rotatable bonds is 4. The van der Waals surface area contributed by atoms with E-state index < -0.39 is 0 Å². The van der Waals surface area contributed by atoms with Gasteiger partial charge in [-0.2, -0.15) is 0 Å². The Labute approximate surface area is 120 Å². The Morgan fingerprint density at radius 3 is 2.50 bits per heavy atom. The maximum atomic E-state index is 11.9. The zero-order valence-electron chi connectivity index (χ0n) is 12.7. The minimum absolute atomic E-state index is 0.0888. The summed E-state index contributed by atoms with van der Waals surface area (Å²) in [5.74, 6) is 0.0888. The number of ketones is 1. The average Bonchev–Trinajstić information content (AvgIpc) is 2.69. The molecule has 2 aromatic rings. The Morgan fingerprint density at radius 2 is 2.00 bits per heavy atom. The summed E-state index contributed by atoms with van der Waals surface area (Å²) in [6.45, 7) is 11.6. The van der Waals surface area contributed by atoms with Gasteiger partial charge >= 0.3 is 0 Å². The van der Waals surface area contributed by atoms with Gasteiger partial charge < -0.3 is 4.57 Å². The van der Waals surface area contributed by atoms with Gasteiger partial charge in [-0.05, 0) is 44.9 Å². The van der Waals surface area contributed by atoms with Crippen molar-refractivity contribution in [2.24, 2.45) is 0 Å². The van der Waals surface area contributed by atoms with Crippen LogP contribution in [0.4, 0.5) is 0 Å². The molecule has 1 heterocycles. The van der Waals surface area contributed by atoms with E-state index >= 15 is 0 Å². The molecule has 2 rings (SSSR count). The van der Waals surface area contributed by atoms with Gasteiger partial charge in [0, 0.05) is 28.2 Å². The first-order valence-corrected chi connectivity index (χ1v) is 6.95. The summed E-state index contributed by atoms with van der Waals surface area (Å²) in [5.41, 5.74) is 6.17. The summed E-state index contributed by atoms with van der Waals surface area (Å²) in [6, 6.07) is 8.44. The Balaban J connectivity index is 2.74. The Kier molecular flexibility index (Phi) is 3.93. The molecule has 0 radical (unpaired) electrons. The van der Waals surface area contributed by atoms with E-state index in [-0.39, 0.29) is 5.78 Å². The van der Waals surface area contributed by atoms with Crippen LogP contribution in [0.25, 0.3) is 11.8 Å². The van der Waals surface area contributed by atoms with Gasteiger partial charge in [0.2, 0.25) is 0 Å². The molecule has 2 heteroatoms. The first kappa shape index (κ1) is 14.3. The molecule has 0 spiro atoms. The smallest absolute Gasteiger partial charge is 0.162 e. The van der Waals surface area contributed by atoms with E-state index in [1.54, 1.807) is 13.0 Å². The van der Waals surface area contributed by atoms with Crippen LogP contribution >= 0.6 is 0 Å². The van der Waals surface area contributed by atoms with E-state index in [9.17, 15) is 4.79 Å². The molecular formula is C18H21NO. The minimum atomic E-state index is 0.0888. The molecule has 0 aliphatic carbocycles. The summed E-state index contributed by atoms with van der Waals surface area (Å²) in [7, 11) is 0. The van der Waals surface area contributed by atoms with Crippen LogP contribution < -0.4 is 0 Å². The van der Waals surface area contributed by atoms with Gasteiger partial charge in [0.1, 0.15) is 0 Å². The quantitative estimate of drug-likeness (QED) is 0.747. The summed E-state index contributed by atoms with van der Waals surface area (Å²) in [4.78, 5) is 11.9. The highest BCUT2D eigenvalue weighted by Gasteiger charge is 2.19. The van der Waals surface area contributed by atoms with Crippen molar-refractivity contribution in [3.05, 3.63) is 58.9 Å². The monoisotopic (exact) mass is 267 g/mol. The number of carbonyl (C=O) groups excluding carboxylic acids is 1. The van der Waals surface area contributed by atoms with Crippen LogP contribution in [0.3, 0.4) is 0 Å². The highest BCUT2D eigenvalue weighted by molar-refractivity contribution is 5.99. The highest BCUT2D eigenvalue weighted by Crippen LogP contribution is 2.27. The van der Waals surface area contributed by atoms with Crippen molar-refractivity contribution in [1.82, 2.24) is 4.57 Å². The van der Waals surface area contributed by atoms with Gasteiger partial charge in [-0.1, -0.05) is 31.7 Å². The summed E-state index contributed by atoms with van der Waals surface area (Å²) < 4.78 is 2.15. The van der Waals surface area contributed by atoms with Crippen LogP contribution in [0, 0.1) is 13.8 Å². The van der Waals surface area contributed by atoms with Gasteiger partial charge in [-0.3, -0.25) is 4.79 Å². The van der Waals surface area contributed by atoms with Crippen LogP contribution in [0.1, 0.15) is 46.7 Å². The van der Waals surface area contributed by atoms with E-state index in [4.69, 9.17) is 0 Å². The van der Waals surface area contributed by atoms with E-state index in [2.05, 4.69) is 42.3 Å². The second kappa shape index (κ2) is 5.49. The van der Waals surface area contributed by atoms with Crippen LogP contribution in [0.2, 0.25) is 0 Å². The maximum absolute atomic E-state index is 11.9. The van der Waals surface area contributed by atoms with Crippen molar-refractivity contribution in [3.63, 3.8) is 0 Å². The van der Waals surface area contributed by atoms with Crippen LogP contribution in [0.15, 0.2) is 30.8 Å². The number of benzene rings is 1. The molecule has 0 aliphatic heterocycles. The first-order valence-electron chi connectivity index (χ1n) is 6.95. The number of carbonyl (C=O) groups is 1. The van der Waals surface area contributed by atoms with Crippen molar-refractivity contribution in [2.75, 3.05) is 0 Å². The zero-order valence-corrected chi connectivity index (χ0v) is 12.7.